The van der Waals surface area contributed by atoms with Crippen molar-refractivity contribution in [3.63, 3.8) is 0 Å². The van der Waals surface area contributed by atoms with Crippen molar-refractivity contribution >= 4 is 18.3 Å². The standard InChI is InChI=1S/C17H34O2Si2/c1-21(2)17(12-6-8-14-19-17)16(11-5-7-13-18-16)20-15-9-3-4-10-15/h15,21H,3-14,20H2,1-2H3. The molecule has 2 saturated heterocycles. The predicted molar refractivity (Wildman–Crippen MR) is 94.7 cm³/mol. The van der Waals surface area contributed by atoms with E-state index in [4.69, 9.17) is 9.47 Å². The van der Waals surface area contributed by atoms with Gasteiger partial charge in [0.05, 0.1) is 28.8 Å². The second-order valence-corrected chi connectivity index (χ2v) is 14.0. The van der Waals surface area contributed by atoms with Crippen LogP contribution in [0.2, 0.25) is 18.6 Å². The van der Waals surface area contributed by atoms with Crippen molar-refractivity contribution in [2.24, 2.45) is 0 Å². The van der Waals surface area contributed by atoms with E-state index in [1.54, 1.807) is 0 Å². The molecule has 0 bridgehead atoms. The smallest absolute Gasteiger partial charge is 0.0794 e. The molecule has 2 atom stereocenters. The van der Waals surface area contributed by atoms with Crippen molar-refractivity contribution in [1.29, 1.82) is 0 Å². The van der Waals surface area contributed by atoms with Gasteiger partial charge in [0.25, 0.3) is 0 Å². The average molecular weight is 327 g/mol. The topological polar surface area (TPSA) is 18.5 Å². The first-order valence-corrected chi connectivity index (χ1v) is 13.9. The molecule has 2 nitrogen and oxygen atoms in total. The molecule has 3 fully saturated rings. The van der Waals surface area contributed by atoms with Gasteiger partial charge in [-0.25, -0.2) is 0 Å². The molecule has 0 aromatic rings. The monoisotopic (exact) mass is 326 g/mol. The second-order valence-electron chi connectivity index (χ2n) is 8.00. The van der Waals surface area contributed by atoms with Gasteiger partial charge in [0.1, 0.15) is 0 Å². The van der Waals surface area contributed by atoms with Crippen LogP contribution in [0.3, 0.4) is 0 Å². The number of hydrogen-bond donors (Lipinski definition) is 0. The maximum atomic E-state index is 6.70. The Balaban J connectivity index is 1.87. The highest BCUT2D eigenvalue weighted by atomic mass is 28.3. The molecule has 3 aliphatic rings. The maximum Gasteiger partial charge on any atom is 0.0794 e. The molecule has 1 saturated carbocycles. The lowest BCUT2D eigenvalue weighted by molar-refractivity contribution is -0.163. The van der Waals surface area contributed by atoms with Crippen LogP contribution in [0.5, 0.6) is 0 Å². The highest BCUT2D eigenvalue weighted by Gasteiger charge is 2.57. The van der Waals surface area contributed by atoms with Crippen LogP contribution in [-0.4, -0.2) is 42.0 Å². The van der Waals surface area contributed by atoms with Crippen LogP contribution in [0, 0.1) is 0 Å². The molecule has 1 aliphatic carbocycles. The Labute approximate surface area is 134 Å². The predicted octanol–water partition coefficient (Wildman–Crippen LogP) is 3.38. The first-order chi connectivity index (χ1) is 10.2. The Morgan fingerprint density at radius 2 is 1.52 bits per heavy atom. The van der Waals surface area contributed by atoms with E-state index < -0.39 is 8.80 Å². The molecule has 0 aromatic carbocycles. The molecule has 4 heteroatoms. The van der Waals surface area contributed by atoms with Gasteiger partial charge >= 0.3 is 0 Å². The third-order valence-corrected chi connectivity index (χ3v) is 12.9. The Hall–Kier alpha value is 0.354. The molecular formula is C17H34O2Si2. The van der Waals surface area contributed by atoms with Gasteiger partial charge in [-0.1, -0.05) is 38.8 Å². The highest BCUT2D eigenvalue weighted by Crippen LogP contribution is 2.47. The zero-order chi connectivity index (χ0) is 14.8. The first kappa shape index (κ1) is 16.2. The summed E-state index contributed by atoms with van der Waals surface area (Å²) in [6, 6.07) is 0. The largest absolute Gasteiger partial charge is 0.377 e. The zero-order valence-corrected chi connectivity index (χ0v) is 16.7. The minimum absolute atomic E-state index is 0.181. The van der Waals surface area contributed by atoms with Crippen LogP contribution in [0.1, 0.15) is 64.2 Å². The molecule has 2 aliphatic heterocycles. The molecule has 0 radical (unpaired) electrons. The fourth-order valence-electron chi connectivity index (χ4n) is 5.36. The van der Waals surface area contributed by atoms with Crippen LogP contribution in [0.4, 0.5) is 0 Å². The van der Waals surface area contributed by atoms with Crippen molar-refractivity contribution < 1.29 is 9.47 Å². The van der Waals surface area contributed by atoms with Crippen LogP contribution in [-0.2, 0) is 9.47 Å². The lowest BCUT2D eigenvalue weighted by Crippen LogP contribution is -2.69. The summed E-state index contributed by atoms with van der Waals surface area (Å²) < 4.78 is 13.4. The molecule has 21 heavy (non-hydrogen) atoms. The summed E-state index contributed by atoms with van der Waals surface area (Å²) in [6.45, 7) is 7.05. The van der Waals surface area contributed by atoms with E-state index >= 15 is 0 Å². The van der Waals surface area contributed by atoms with Crippen molar-refractivity contribution in [2.45, 2.75) is 93.3 Å². The molecule has 0 spiro atoms. The molecular weight excluding hydrogens is 292 g/mol. The molecule has 3 rings (SSSR count). The maximum absolute atomic E-state index is 6.70. The number of rotatable bonds is 4. The van der Waals surface area contributed by atoms with E-state index in [-0.39, 0.29) is 20.0 Å². The van der Waals surface area contributed by atoms with Gasteiger partial charge in [0.15, 0.2) is 0 Å². The van der Waals surface area contributed by atoms with Crippen LogP contribution in [0.25, 0.3) is 0 Å². The Kier molecular flexibility index (Phi) is 5.29. The van der Waals surface area contributed by atoms with E-state index in [9.17, 15) is 0 Å². The number of ether oxygens (including phenoxy) is 2. The second kappa shape index (κ2) is 6.85. The number of hydrogen-bond acceptors (Lipinski definition) is 2. The Bertz CT molecular complexity index is 328. The molecule has 0 amide bonds. The van der Waals surface area contributed by atoms with Crippen LogP contribution in [0.15, 0.2) is 0 Å². The van der Waals surface area contributed by atoms with E-state index in [1.165, 1.54) is 64.2 Å². The summed E-state index contributed by atoms with van der Waals surface area (Å²) in [5.41, 5.74) is 1.04. The lowest BCUT2D eigenvalue weighted by atomic mass is 9.96. The third-order valence-electron chi connectivity index (χ3n) is 6.45. The van der Waals surface area contributed by atoms with Gasteiger partial charge in [0.2, 0.25) is 0 Å². The summed E-state index contributed by atoms with van der Waals surface area (Å²) >= 11 is 0. The molecule has 122 valence electrons. The van der Waals surface area contributed by atoms with Gasteiger partial charge in [-0.05, 0) is 44.1 Å². The van der Waals surface area contributed by atoms with Gasteiger partial charge in [-0.15, -0.1) is 0 Å². The Morgan fingerprint density at radius 3 is 2.05 bits per heavy atom. The Morgan fingerprint density at radius 1 is 0.857 bits per heavy atom. The summed E-state index contributed by atoms with van der Waals surface area (Å²) in [5, 5.41) is 0.390. The van der Waals surface area contributed by atoms with Gasteiger partial charge < -0.3 is 9.47 Å². The van der Waals surface area contributed by atoms with Gasteiger partial charge in [0, 0.05) is 13.2 Å². The van der Waals surface area contributed by atoms with Crippen molar-refractivity contribution in [3.8, 4) is 0 Å². The summed E-state index contributed by atoms with van der Waals surface area (Å²) in [5.74, 6) is 0. The normalized spacial score (nSPS) is 39.6. The van der Waals surface area contributed by atoms with Gasteiger partial charge in [-0.2, -0.15) is 0 Å². The summed E-state index contributed by atoms with van der Waals surface area (Å²) in [7, 11) is -1.12. The molecule has 2 heterocycles. The van der Waals surface area contributed by atoms with E-state index in [1.807, 2.05) is 0 Å². The minimum Gasteiger partial charge on any atom is -0.377 e. The average Bonchev–Trinajstić information content (AvgIpc) is 3.01. The van der Waals surface area contributed by atoms with Crippen molar-refractivity contribution in [3.05, 3.63) is 0 Å². The van der Waals surface area contributed by atoms with E-state index in [2.05, 4.69) is 13.1 Å². The van der Waals surface area contributed by atoms with Gasteiger partial charge in [-0.3, -0.25) is 0 Å². The molecule has 0 aromatic heterocycles. The zero-order valence-electron chi connectivity index (χ0n) is 14.2. The van der Waals surface area contributed by atoms with Crippen molar-refractivity contribution in [1.82, 2.24) is 0 Å². The van der Waals surface area contributed by atoms with Crippen LogP contribution < -0.4 is 0 Å². The quantitative estimate of drug-likeness (QED) is 0.737. The minimum atomic E-state index is -0.901. The molecule has 0 N–H and O–H groups in total. The van der Waals surface area contributed by atoms with E-state index in [0.29, 0.717) is 0 Å². The SMILES string of the molecule is C[SiH](C)C1(C2([SiH2]C3CCCC3)CCCCO2)CCCCO1. The fraction of sp³-hybridized carbons (Fsp3) is 1.00. The van der Waals surface area contributed by atoms with Crippen molar-refractivity contribution in [2.75, 3.05) is 13.2 Å². The lowest BCUT2D eigenvalue weighted by Gasteiger charge is -2.56. The van der Waals surface area contributed by atoms with E-state index in [0.717, 1.165) is 18.8 Å². The third kappa shape index (κ3) is 3.06. The molecule has 2 unspecified atom stereocenters. The fourth-order valence-corrected chi connectivity index (χ4v) is 12.7. The summed E-state index contributed by atoms with van der Waals surface area (Å²) in [6.07, 6.45) is 13.8. The summed E-state index contributed by atoms with van der Waals surface area (Å²) in [4.78, 5) is 0. The van der Waals surface area contributed by atoms with Crippen LogP contribution >= 0.6 is 0 Å². The first-order valence-electron chi connectivity index (χ1n) is 9.46. The highest BCUT2D eigenvalue weighted by molar-refractivity contribution is 6.62.